The zero-order chi connectivity index (χ0) is 22.5. The van der Waals surface area contributed by atoms with Crippen LogP contribution in [-0.4, -0.2) is 40.4 Å². The zero-order valence-electron chi connectivity index (χ0n) is 19.1. The van der Waals surface area contributed by atoms with Crippen molar-refractivity contribution in [2.24, 2.45) is 0 Å². The van der Waals surface area contributed by atoms with Crippen molar-refractivity contribution in [2.75, 3.05) is 0 Å². The van der Waals surface area contributed by atoms with Crippen molar-refractivity contribution in [1.29, 1.82) is 0 Å². The molecule has 1 unspecified atom stereocenters. The van der Waals surface area contributed by atoms with E-state index in [1.165, 1.54) is 89.9 Å². The van der Waals surface area contributed by atoms with Crippen LogP contribution in [0.4, 0.5) is 0 Å². The number of carboxylic acids is 2. The fourth-order valence-electron chi connectivity index (χ4n) is 2.75. The van der Waals surface area contributed by atoms with Gasteiger partial charge in [-0.05, 0) is 0 Å². The molecule has 1 atom stereocenters. The predicted molar refractivity (Wildman–Crippen MR) is 116 cm³/mol. The molecule has 0 aliphatic carbocycles. The van der Waals surface area contributed by atoms with Crippen LogP contribution in [0.3, 0.4) is 0 Å². The van der Waals surface area contributed by atoms with Crippen LogP contribution in [0.5, 0.6) is 0 Å². The fraction of sp³-hybridized carbons (Fsp3) is 0.857. The summed E-state index contributed by atoms with van der Waals surface area (Å²) < 4.78 is 28.7. The molecule has 0 aromatic carbocycles. The summed E-state index contributed by atoms with van der Waals surface area (Å²) in [6, 6.07) is 0. The number of aliphatic carboxylic acids is 2. The molecule has 0 fully saturated rings. The Hall–Kier alpha value is -0.150. The first-order valence-corrected chi connectivity index (χ1v) is 12.4. The fourth-order valence-corrected chi connectivity index (χ4v) is 3.36. The van der Waals surface area contributed by atoms with Crippen LogP contribution in [0.25, 0.3) is 0 Å². The Balaban J connectivity index is -0.000000497. The summed E-state index contributed by atoms with van der Waals surface area (Å²) in [5, 5.41) is 13.9. The van der Waals surface area contributed by atoms with E-state index in [0.29, 0.717) is 0 Å². The van der Waals surface area contributed by atoms with Gasteiger partial charge in [0.15, 0.2) is 5.25 Å². The van der Waals surface area contributed by atoms with E-state index in [1.807, 2.05) is 0 Å². The second kappa shape index (κ2) is 23.5. The monoisotopic (exact) mass is 460 g/mol. The number of carboxylic acid groups (broad SMARTS) is 2. The van der Waals surface area contributed by atoms with Crippen LogP contribution in [0.15, 0.2) is 0 Å². The smallest absolute Gasteiger partial charge is 0.481 e. The van der Waals surface area contributed by atoms with Gasteiger partial charge in [0, 0.05) is 0 Å². The van der Waals surface area contributed by atoms with E-state index in [0.717, 1.165) is 0 Å². The molecule has 0 rings (SSSR count). The first-order valence-electron chi connectivity index (χ1n) is 10.9. The molecular formula is C21H41NaO7S. The molecule has 3 N–H and O–H groups in total. The summed E-state index contributed by atoms with van der Waals surface area (Å²) in [5.74, 6) is -3.50. The van der Waals surface area contributed by atoms with E-state index < -0.39 is 33.7 Å². The molecule has 0 aromatic rings. The summed E-state index contributed by atoms with van der Waals surface area (Å²) in [6.07, 6.45) is 21.3. The first kappa shape index (κ1) is 34.5. The average molecular weight is 461 g/mol. The van der Waals surface area contributed by atoms with E-state index in [4.69, 9.17) is 14.8 Å². The molecule has 0 aromatic heterocycles. The van der Waals surface area contributed by atoms with Gasteiger partial charge in [0.05, 0.1) is 6.42 Å². The number of rotatable bonds is 18. The molecular weight excluding hydrogens is 419 g/mol. The minimum absolute atomic E-state index is 0. The van der Waals surface area contributed by atoms with E-state index in [2.05, 4.69) is 20.3 Å². The van der Waals surface area contributed by atoms with Gasteiger partial charge in [0.2, 0.25) is 0 Å². The quantitative estimate of drug-likeness (QED) is 0.124. The molecule has 9 heteroatoms. The average Bonchev–Trinajstić information content (AvgIpc) is 2.63. The maximum atomic E-state index is 10.2. The Kier molecular flexibility index (Phi) is 27.0. The van der Waals surface area contributed by atoms with Crippen molar-refractivity contribution in [3.05, 3.63) is 6.42 Å². The molecule has 0 aliphatic heterocycles. The normalized spacial score (nSPS) is 11.7. The van der Waals surface area contributed by atoms with Crippen LogP contribution in [0.2, 0.25) is 0 Å². The summed E-state index contributed by atoms with van der Waals surface area (Å²) in [4.78, 5) is 20.0. The third-order valence-corrected chi connectivity index (χ3v) is 5.61. The third kappa shape index (κ3) is 25.9. The van der Waals surface area contributed by atoms with Gasteiger partial charge in [0.25, 0.3) is 10.1 Å². The van der Waals surface area contributed by atoms with Crippen molar-refractivity contribution in [3.63, 3.8) is 0 Å². The third-order valence-electron chi connectivity index (χ3n) is 4.52. The van der Waals surface area contributed by atoms with Gasteiger partial charge in [-0.15, -0.1) is 0 Å². The van der Waals surface area contributed by atoms with Crippen molar-refractivity contribution in [3.8, 4) is 0 Å². The Morgan fingerprint density at radius 1 is 0.767 bits per heavy atom. The second-order valence-corrected chi connectivity index (χ2v) is 8.94. The van der Waals surface area contributed by atoms with Gasteiger partial charge in [-0.3, -0.25) is 14.1 Å². The summed E-state index contributed by atoms with van der Waals surface area (Å²) >= 11 is 0. The van der Waals surface area contributed by atoms with Crippen molar-refractivity contribution < 1.29 is 62.3 Å². The Labute approximate surface area is 205 Å². The molecule has 7 nitrogen and oxygen atoms in total. The Morgan fingerprint density at radius 3 is 1.50 bits per heavy atom. The van der Waals surface area contributed by atoms with Gasteiger partial charge < -0.3 is 16.6 Å². The largest absolute Gasteiger partial charge is 1.00 e. The van der Waals surface area contributed by atoms with Crippen LogP contribution in [0, 0.1) is 6.42 Å². The number of hydrogen-bond acceptors (Lipinski definition) is 4. The predicted octanol–water partition coefficient (Wildman–Crippen LogP) is 2.50. The van der Waals surface area contributed by atoms with Crippen LogP contribution in [0.1, 0.15) is 110 Å². The second-order valence-electron chi connectivity index (χ2n) is 7.34. The topological polar surface area (TPSA) is 129 Å². The summed E-state index contributed by atoms with van der Waals surface area (Å²) in [6.45, 7) is 4.56. The Morgan fingerprint density at radius 2 is 1.17 bits per heavy atom. The van der Waals surface area contributed by atoms with E-state index in [-0.39, 0.29) is 29.6 Å². The molecule has 0 bridgehead atoms. The van der Waals surface area contributed by atoms with E-state index in [1.54, 1.807) is 0 Å². The molecule has 0 saturated heterocycles. The maximum Gasteiger partial charge on any atom is 1.00 e. The van der Waals surface area contributed by atoms with Crippen LogP contribution in [-0.2, 0) is 19.7 Å². The standard InChI is InChI=1S/C17H35.C4H6O7S.Na/c1-3-5-7-9-11-13-15-17-16-14-12-10-8-6-4-2;5-3(6)1-2(4(7)8)12(9,10)11;/h9H,3-8,10-17H2,1-2H3;2H,1H2,(H,5,6)(H,7,8)(H,9,10,11);/q-1;;+1. The molecule has 30 heavy (non-hydrogen) atoms. The molecule has 0 heterocycles. The van der Waals surface area contributed by atoms with Gasteiger partial charge in [0.1, 0.15) is 0 Å². The van der Waals surface area contributed by atoms with Crippen molar-refractivity contribution in [1.82, 2.24) is 0 Å². The SMILES string of the molecule is CCCC[CH-]CCCCCCCCCCCC.O=C(O)CC(C(=O)O)S(=O)(=O)O.[Na+]. The van der Waals surface area contributed by atoms with Crippen LogP contribution >= 0.6 is 0 Å². The van der Waals surface area contributed by atoms with Gasteiger partial charge in [-0.25, -0.2) is 0 Å². The van der Waals surface area contributed by atoms with Crippen molar-refractivity contribution >= 4 is 22.1 Å². The van der Waals surface area contributed by atoms with E-state index >= 15 is 0 Å². The molecule has 0 saturated carbocycles. The summed E-state index contributed by atoms with van der Waals surface area (Å²) in [5.41, 5.74) is 0. The Bertz CT molecular complexity index is 495. The van der Waals surface area contributed by atoms with E-state index in [9.17, 15) is 18.0 Å². The number of hydrogen-bond donors (Lipinski definition) is 3. The maximum absolute atomic E-state index is 10.2. The van der Waals surface area contributed by atoms with Gasteiger partial charge in [-0.1, -0.05) is 90.9 Å². The minimum Gasteiger partial charge on any atom is -0.481 e. The minimum atomic E-state index is -4.84. The first-order chi connectivity index (χ1) is 13.7. The van der Waals surface area contributed by atoms with Crippen molar-refractivity contribution in [2.45, 2.75) is 115 Å². The van der Waals surface area contributed by atoms with Crippen LogP contribution < -0.4 is 29.6 Å². The number of carbonyl (C=O) groups is 2. The van der Waals surface area contributed by atoms with Gasteiger partial charge in [-0.2, -0.15) is 21.3 Å². The molecule has 0 radical (unpaired) electrons. The molecule has 0 spiro atoms. The zero-order valence-corrected chi connectivity index (χ0v) is 22.0. The summed E-state index contributed by atoms with van der Waals surface area (Å²) in [7, 11) is -4.84. The molecule has 174 valence electrons. The molecule has 0 aliphatic rings. The molecule has 0 amide bonds. The van der Waals surface area contributed by atoms with Gasteiger partial charge >= 0.3 is 41.5 Å². The number of unbranched alkanes of at least 4 members (excludes halogenated alkanes) is 14.